The molecule has 1 aliphatic rings. The van der Waals surface area contributed by atoms with E-state index in [0.29, 0.717) is 42.6 Å². The standard InChI is InChI=1S/C38H41N3O7S/c1-38(2,3)48-37(46)41-19-17-26(18-20-41)24-47-30-12-9-27(10-13-30)35(44)40-32(21-25-7-5-4-6-8-25)36(45)39-29-11-15-33-28(22-29)23-31(49-33)14-16-34(42)43/h4-16,22-23,26,32H,17-21,24H2,1-3H3,(H,39,45)(H,40,44)(H,42,43)/b16-14+. The number of hydrogen-bond donors (Lipinski definition) is 3. The number of carboxylic acids is 1. The van der Waals surface area contributed by atoms with Gasteiger partial charge in [-0.15, -0.1) is 11.3 Å². The number of carbonyl (C=O) groups excluding carboxylic acids is 3. The number of nitrogens with one attached hydrogen (secondary N) is 2. The first-order chi connectivity index (χ1) is 23.4. The van der Waals surface area contributed by atoms with Crippen LogP contribution in [0.3, 0.4) is 0 Å². The van der Waals surface area contributed by atoms with Gasteiger partial charge in [-0.25, -0.2) is 9.59 Å². The number of anilines is 1. The zero-order valence-corrected chi connectivity index (χ0v) is 28.6. The number of ether oxygens (including phenoxy) is 2. The fourth-order valence-corrected chi connectivity index (χ4v) is 6.38. The van der Waals surface area contributed by atoms with Crippen molar-refractivity contribution in [3.63, 3.8) is 0 Å². The van der Waals surface area contributed by atoms with Crippen LogP contribution in [0.15, 0.2) is 84.9 Å². The van der Waals surface area contributed by atoms with E-state index in [1.54, 1.807) is 35.2 Å². The molecule has 0 radical (unpaired) electrons. The Morgan fingerprint density at radius 2 is 1.69 bits per heavy atom. The smallest absolute Gasteiger partial charge is 0.410 e. The lowest BCUT2D eigenvalue weighted by molar-refractivity contribution is -0.131. The summed E-state index contributed by atoms with van der Waals surface area (Å²) in [5.41, 5.74) is 1.33. The molecule has 1 atom stereocenters. The van der Waals surface area contributed by atoms with Gasteiger partial charge in [0.2, 0.25) is 5.91 Å². The number of hydrogen-bond acceptors (Lipinski definition) is 7. The van der Waals surface area contributed by atoms with Crippen molar-refractivity contribution in [3.8, 4) is 5.75 Å². The van der Waals surface area contributed by atoms with E-state index in [4.69, 9.17) is 14.6 Å². The molecule has 0 spiro atoms. The summed E-state index contributed by atoms with van der Waals surface area (Å²) in [7, 11) is 0. The fraction of sp³-hybridized carbons (Fsp3) is 0.316. The van der Waals surface area contributed by atoms with Crippen LogP contribution in [0.25, 0.3) is 16.2 Å². The molecule has 0 saturated carbocycles. The minimum Gasteiger partial charge on any atom is -0.493 e. The largest absolute Gasteiger partial charge is 0.493 e. The molecule has 10 nitrogen and oxygen atoms in total. The molecule has 3 N–H and O–H groups in total. The molecule has 1 saturated heterocycles. The topological polar surface area (TPSA) is 134 Å². The van der Waals surface area contributed by atoms with Crippen LogP contribution in [0, 0.1) is 5.92 Å². The van der Waals surface area contributed by atoms with E-state index in [-0.39, 0.29) is 24.3 Å². The third-order valence-electron chi connectivity index (χ3n) is 7.97. The Balaban J connectivity index is 1.18. The summed E-state index contributed by atoms with van der Waals surface area (Å²) in [5, 5.41) is 15.6. The molecular formula is C38H41N3O7S. The number of likely N-dealkylation sites (tertiary alicyclic amines) is 1. The lowest BCUT2D eigenvalue weighted by Gasteiger charge is -2.33. The quantitative estimate of drug-likeness (QED) is 0.145. The van der Waals surface area contributed by atoms with Crippen LogP contribution in [0.4, 0.5) is 10.5 Å². The summed E-state index contributed by atoms with van der Waals surface area (Å²) in [6.45, 7) is 7.32. The summed E-state index contributed by atoms with van der Waals surface area (Å²) in [6, 6.07) is 22.8. The predicted molar refractivity (Wildman–Crippen MR) is 191 cm³/mol. The molecule has 1 unspecified atom stereocenters. The Bertz CT molecular complexity index is 1800. The van der Waals surface area contributed by atoms with Gasteiger partial charge in [0.25, 0.3) is 5.91 Å². The SMILES string of the molecule is CC(C)(C)OC(=O)N1CCC(COc2ccc(C(=O)NC(Cc3ccccc3)C(=O)Nc3ccc4sc(/C=C/C(=O)O)cc4c3)cc2)CC1. The van der Waals surface area contributed by atoms with E-state index in [1.807, 2.05) is 69.3 Å². The van der Waals surface area contributed by atoms with Gasteiger partial charge in [0.05, 0.1) is 6.61 Å². The lowest BCUT2D eigenvalue weighted by atomic mass is 9.98. The first-order valence-corrected chi connectivity index (χ1v) is 17.0. The van der Waals surface area contributed by atoms with Crippen molar-refractivity contribution in [1.29, 1.82) is 0 Å². The lowest BCUT2D eigenvalue weighted by Crippen LogP contribution is -2.45. The molecular weight excluding hydrogens is 642 g/mol. The number of rotatable bonds is 11. The molecule has 0 aliphatic carbocycles. The van der Waals surface area contributed by atoms with Crippen LogP contribution < -0.4 is 15.4 Å². The number of benzene rings is 3. The molecule has 3 aromatic carbocycles. The van der Waals surface area contributed by atoms with Gasteiger partial charge in [-0.3, -0.25) is 9.59 Å². The zero-order chi connectivity index (χ0) is 35.0. The van der Waals surface area contributed by atoms with Crippen LogP contribution in [0.2, 0.25) is 0 Å². The van der Waals surface area contributed by atoms with Gasteiger partial charge in [0.15, 0.2) is 0 Å². The van der Waals surface area contributed by atoms with Gasteiger partial charge < -0.3 is 30.1 Å². The zero-order valence-electron chi connectivity index (χ0n) is 27.8. The summed E-state index contributed by atoms with van der Waals surface area (Å²) in [6.07, 6.45) is 4.26. The summed E-state index contributed by atoms with van der Waals surface area (Å²) >= 11 is 1.45. The molecule has 49 heavy (non-hydrogen) atoms. The molecule has 3 amide bonds. The van der Waals surface area contributed by atoms with Crippen molar-refractivity contribution in [3.05, 3.63) is 101 Å². The van der Waals surface area contributed by atoms with Gasteiger partial charge in [-0.1, -0.05) is 30.3 Å². The number of thiophene rings is 1. The van der Waals surface area contributed by atoms with E-state index < -0.39 is 17.6 Å². The summed E-state index contributed by atoms with van der Waals surface area (Å²) < 4.78 is 12.4. The minimum atomic E-state index is -1.02. The Morgan fingerprint density at radius 3 is 2.37 bits per heavy atom. The average molecular weight is 684 g/mol. The first-order valence-electron chi connectivity index (χ1n) is 16.2. The maximum absolute atomic E-state index is 13.6. The second-order valence-electron chi connectivity index (χ2n) is 13.0. The Labute approximate surface area is 289 Å². The number of aliphatic carboxylic acids is 1. The van der Waals surface area contributed by atoms with Crippen molar-refractivity contribution >= 4 is 57.1 Å². The molecule has 0 bridgehead atoms. The number of amides is 3. The van der Waals surface area contributed by atoms with E-state index in [2.05, 4.69) is 10.6 Å². The predicted octanol–water partition coefficient (Wildman–Crippen LogP) is 7.00. The van der Waals surface area contributed by atoms with Crippen molar-refractivity contribution < 1.29 is 33.8 Å². The average Bonchev–Trinajstić information content (AvgIpc) is 3.48. The second-order valence-corrected chi connectivity index (χ2v) is 14.1. The Kier molecular flexibility index (Phi) is 11.4. The number of carbonyl (C=O) groups is 4. The van der Waals surface area contributed by atoms with Crippen molar-refractivity contribution in [2.75, 3.05) is 25.0 Å². The first kappa shape index (κ1) is 35.2. The van der Waals surface area contributed by atoms with Gasteiger partial charge in [0.1, 0.15) is 17.4 Å². The maximum Gasteiger partial charge on any atom is 0.410 e. The van der Waals surface area contributed by atoms with Gasteiger partial charge in [0, 0.05) is 46.4 Å². The number of piperidine rings is 1. The third-order valence-corrected chi connectivity index (χ3v) is 9.05. The van der Waals surface area contributed by atoms with Crippen LogP contribution in [-0.2, 0) is 20.7 Å². The molecule has 5 rings (SSSR count). The van der Waals surface area contributed by atoms with E-state index in [0.717, 1.165) is 39.4 Å². The van der Waals surface area contributed by atoms with Crippen molar-refractivity contribution in [2.24, 2.45) is 5.92 Å². The highest BCUT2D eigenvalue weighted by molar-refractivity contribution is 7.19. The van der Waals surface area contributed by atoms with Crippen LogP contribution in [0.1, 0.15) is 54.4 Å². The molecule has 11 heteroatoms. The fourth-order valence-electron chi connectivity index (χ4n) is 5.43. The van der Waals surface area contributed by atoms with Crippen LogP contribution >= 0.6 is 11.3 Å². The molecule has 1 aliphatic heterocycles. The maximum atomic E-state index is 13.6. The third kappa shape index (κ3) is 10.4. The van der Waals surface area contributed by atoms with E-state index in [1.165, 1.54) is 17.4 Å². The Morgan fingerprint density at radius 1 is 0.980 bits per heavy atom. The molecule has 4 aromatic rings. The monoisotopic (exact) mass is 683 g/mol. The highest BCUT2D eigenvalue weighted by Gasteiger charge is 2.27. The molecule has 1 fully saturated rings. The van der Waals surface area contributed by atoms with Crippen molar-refractivity contribution in [2.45, 2.75) is 51.7 Å². The number of fused-ring (bicyclic) bond motifs is 1. The molecule has 2 heterocycles. The van der Waals surface area contributed by atoms with Gasteiger partial charge in [-0.05, 0) is 105 Å². The van der Waals surface area contributed by atoms with Gasteiger partial charge in [-0.2, -0.15) is 0 Å². The van der Waals surface area contributed by atoms with Crippen molar-refractivity contribution in [1.82, 2.24) is 10.2 Å². The minimum absolute atomic E-state index is 0.285. The van der Waals surface area contributed by atoms with Gasteiger partial charge >= 0.3 is 12.1 Å². The second kappa shape index (κ2) is 15.8. The highest BCUT2D eigenvalue weighted by Crippen LogP contribution is 2.29. The van der Waals surface area contributed by atoms with E-state index >= 15 is 0 Å². The molecule has 256 valence electrons. The normalized spacial score (nSPS) is 14.4. The van der Waals surface area contributed by atoms with E-state index in [9.17, 15) is 19.2 Å². The van der Waals surface area contributed by atoms with Crippen LogP contribution in [0.5, 0.6) is 5.75 Å². The number of nitrogens with zero attached hydrogens (tertiary/aromatic N) is 1. The number of carboxylic acid groups (broad SMARTS) is 1. The van der Waals surface area contributed by atoms with Crippen LogP contribution in [-0.4, -0.2) is 65.2 Å². The Hall–Kier alpha value is -5.16. The highest BCUT2D eigenvalue weighted by atomic mass is 32.1. The summed E-state index contributed by atoms with van der Waals surface area (Å²) in [4.78, 5) is 52.7. The molecule has 1 aromatic heterocycles. The summed E-state index contributed by atoms with van der Waals surface area (Å²) in [5.74, 6) is -0.840.